The van der Waals surface area contributed by atoms with Crippen molar-refractivity contribution < 1.29 is 17.9 Å². The van der Waals surface area contributed by atoms with Crippen molar-refractivity contribution >= 4 is 27.3 Å². The molecule has 9 heteroatoms. The monoisotopic (exact) mass is 432 g/mol. The number of rotatable bonds is 8. The van der Waals surface area contributed by atoms with Gasteiger partial charge in [0.05, 0.1) is 17.1 Å². The number of hydrogen-bond donors (Lipinski definition) is 3. The highest BCUT2D eigenvalue weighted by molar-refractivity contribution is 7.92. The van der Waals surface area contributed by atoms with Crippen LogP contribution in [-0.2, 0) is 14.8 Å². The van der Waals surface area contributed by atoms with E-state index in [1.165, 1.54) is 0 Å². The summed E-state index contributed by atoms with van der Waals surface area (Å²) >= 11 is 0. The molecule has 1 saturated heterocycles. The van der Waals surface area contributed by atoms with Gasteiger partial charge in [-0.15, -0.1) is 0 Å². The molecule has 3 rings (SSSR count). The van der Waals surface area contributed by atoms with E-state index in [0.717, 1.165) is 31.9 Å². The van der Waals surface area contributed by atoms with Crippen LogP contribution in [0.5, 0.6) is 0 Å². The number of anilines is 2. The molecule has 2 aromatic carbocycles. The highest BCUT2D eigenvalue weighted by Gasteiger charge is 2.21. The van der Waals surface area contributed by atoms with Crippen molar-refractivity contribution in [2.45, 2.75) is 11.8 Å². The molecular formula is C21H28N4O4S. The molecule has 1 fully saturated rings. The van der Waals surface area contributed by atoms with Crippen LogP contribution in [-0.4, -0.2) is 60.8 Å². The lowest BCUT2D eigenvalue weighted by Crippen LogP contribution is -2.44. The number of nitrogens with one attached hydrogen (secondary N) is 3. The molecular weight excluding hydrogens is 404 g/mol. The molecule has 3 N–H and O–H groups in total. The molecule has 8 nitrogen and oxygen atoms in total. The predicted molar refractivity (Wildman–Crippen MR) is 118 cm³/mol. The lowest BCUT2D eigenvalue weighted by atomic mass is 10.1. The van der Waals surface area contributed by atoms with E-state index in [9.17, 15) is 13.2 Å². The first-order valence-electron chi connectivity index (χ1n) is 9.87. The Morgan fingerprint density at radius 3 is 2.60 bits per heavy atom. The van der Waals surface area contributed by atoms with Crippen LogP contribution in [0.25, 0.3) is 0 Å². The Bertz CT molecular complexity index is 988. The normalized spacial score (nSPS) is 14.4. The first kappa shape index (κ1) is 22.1. The molecule has 0 aromatic heterocycles. The fourth-order valence-electron chi connectivity index (χ4n) is 3.39. The molecule has 30 heavy (non-hydrogen) atoms. The van der Waals surface area contributed by atoms with Crippen molar-refractivity contribution in [3.05, 3.63) is 53.6 Å². The van der Waals surface area contributed by atoms with Crippen molar-refractivity contribution in [1.82, 2.24) is 10.6 Å². The van der Waals surface area contributed by atoms with Crippen LogP contribution in [0.4, 0.5) is 11.4 Å². The lowest BCUT2D eigenvalue weighted by molar-refractivity contribution is 0.0937. The number of hydrogen-bond acceptors (Lipinski definition) is 6. The third-order valence-corrected chi connectivity index (χ3v) is 6.47. The molecule has 0 atom stereocenters. The molecule has 1 aliphatic rings. The Balaban J connectivity index is 1.91. The average molecular weight is 433 g/mol. The van der Waals surface area contributed by atoms with Gasteiger partial charge in [0.25, 0.3) is 15.9 Å². The number of carbonyl (C=O) groups excluding carboxylic acids is 1. The van der Waals surface area contributed by atoms with E-state index in [0.29, 0.717) is 30.0 Å². The van der Waals surface area contributed by atoms with Crippen molar-refractivity contribution in [3.63, 3.8) is 0 Å². The zero-order chi connectivity index (χ0) is 21.6. The summed E-state index contributed by atoms with van der Waals surface area (Å²) in [4.78, 5) is 15.2. The average Bonchev–Trinajstić information content (AvgIpc) is 2.74. The van der Waals surface area contributed by atoms with Crippen LogP contribution in [0.15, 0.2) is 47.4 Å². The molecule has 1 amide bonds. The standard InChI is InChI=1S/C21H28N4O4S/c1-16-5-3-4-6-20(16)30(27,28)24-17-7-8-19(25-12-9-22-10-13-25)18(15-17)21(26)23-11-14-29-2/h3-8,15,22,24H,9-14H2,1-2H3,(H,23,26). The van der Waals surface area contributed by atoms with Crippen LogP contribution in [0.2, 0.25) is 0 Å². The van der Waals surface area contributed by atoms with Gasteiger partial charge < -0.3 is 20.3 Å². The number of benzene rings is 2. The number of methoxy groups -OCH3 is 1. The van der Waals surface area contributed by atoms with Gasteiger partial charge in [0.1, 0.15) is 0 Å². The minimum Gasteiger partial charge on any atom is -0.383 e. The number of aryl methyl sites for hydroxylation is 1. The molecule has 1 aliphatic heterocycles. The zero-order valence-electron chi connectivity index (χ0n) is 17.3. The fourth-order valence-corrected chi connectivity index (χ4v) is 4.69. The molecule has 162 valence electrons. The molecule has 0 aliphatic carbocycles. The molecule has 0 radical (unpaired) electrons. The van der Waals surface area contributed by atoms with Crippen LogP contribution in [0.1, 0.15) is 15.9 Å². The topological polar surface area (TPSA) is 99.8 Å². The first-order chi connectivity index (χ1) is 14.4. The number of sulfonamides is 1. The van der Waals surface area contributed by atoms with Gasteiger partial charge in [-0.05, 0) is 36.8 Å². The van der Waals surface area contributed by atoms with E-state index < -0.39 is 10.0 Å². The summed E-state index contributed by atoms with van der Waals surface area (Å²) in [6, 6.07) is 11.9. The van der Waals surface area contributed by atoms with E-state index in [-0.39, 0.29) is 10.8 Å². The van der Waals surface area contributed by atoms with E-state index in [2.05, 4.69) is 20.3 Å². The van der Waals surface area contributed by atoms with Crippen LogP contribution in [0.3, 0.4) is 0 Å². The molecule has 0 spiro atoms. The maximum Gasteiger partial charge on any atom is 0.262 e. The van der Waals surface area contributed by atoms with Gasteiger partial charge in [0.15, 0.2) is 0 Å². The van der Waals surface area contributed by atoms with Gasteiger partial charge in [-0.3, -0.25) is 9.52 Å². The van der Waals surface area contributed by atoms with Gasteiger partial charge in [-0.1, -0.05) is 18.2 Å². The third-order valence-electron chi connectivity index (χ3n) is 4.93. The molecule has 0 saturated carbocycles. The Labute approximate surface area is 177 Å². The van der Waals surface area contributed by atoms with Crippen molar-refractivity contribution in [2.24, 2.45) is 0 Å². The number of ether oxygens (including phenoxy) is 1. The second-order valence-electron chi connectivity index (χ2n) is 7.09. The van der Waals surface area contributed by atoms with Gasteiger partial charge in [0.2, 0.25) is 0 Å². The highest BCUT2D eigenvalue weighted by atomic mass is 32.2. The lowest BCUT2D eigenvalue weighted by Gasteiger charge is -2.31. The number of amides is 1. The Hall–Kier alpha value is -2.62. The second-order valence-corrected chi connectivity index (χ2v) is 8.74. The maximum atomic E-state index is 12.9. The van der Waals surface area contributed by atoms with Gasteiger partial charge in [-0.25, -0.2) is 8.42 Å². The Morgan fingerprint density at radius 1 is 1.17 bits per heavy atom. The molecule has 1 heterocycles. The Kier molecular flexibility index (Phi) is 7.30. The van der Waals surface area contributed by atoms with Gasteiger partial charge in [0, 0.05) is 51.2 Å². The first-order valence-corrected chi connectivity index (χ1v) is 11.4. The summed E-state index contributed by atoms with van der Waals surface area (Å²) in [7, 11) is -2.20. The second kappa shape index (κ2) is 9.92. The number of nitrogens with zero attached hydrogens (tertiary/aromatic N) is 1. The summed E-state index contributed by atoms with van der Waals surface area (Å²) in [5.74, 6) is -0.266. The predicted octanol–water partition coefficient (Wildman–Crippen LogP) is 1.58. The summed E-state index contributed by atoms with van der Waals surface area (Å²) in [6.07, 6.45) is 0. The van der Waals surface area contributed by atoms with Crippen LogP contribution < -0.4 is 20.3 Å². The number of piperazine rings is 1. The maximum absolute atomic E-state index is 12.9. The highest BCUT2D eigenvalue weighted by Crippen LogP contribution is 2.27. The molecule has 2 aromatic rings. The fraction of sp³-hybridized carbons (Fsp3) is 0.381. The quantitative estimate of drug-likeness (QED) is 0.548. The number of carbonyl (C=O) groups is 1. The Morgan fingerprint density at radius 2 is 1.90 bits per heavy atom. The zero-order valence-corrected chi connectivity index (χ0v) is 18.1. The van der Waals surface area contributed by atoms with Crippen LogP contribution in [0, 0.1) is 6.92 Å². The van der Waals surface area contributed by atoms with E-state index >= 15 is 0 Å². The van der Waals surface area contributed by atoms with E-state index in [4.69, 9.17) is 4.74 Å². The largest absolute Gasteiger partial charge is 0.383 e. The van der Waals surface area contributed by atoms with Gasteiger partial charge in [-0.2, -0.15) is 0 Å². The summed E-state index contributed by atoms with van der Waals surface area (Å²) in [6.45, 7) is 5.71. The van der Waals surface area contributed by atoms with Crippen molar-refractivity contribution in [3.8, 4) is 0 Å². The SMILES string of the molecule is COCCNC(=O)c1cc(NS(=O)(=O)c2ccccc2C)ccc1N1CCNCC1. The van der Waals surface area contributed by atoms with Crippen LogP contribution >= 0.6 is 0 Å². The van der Waals surface area contributed by atoms with Crippen molar-refractivity contribution in [1.29, 1.82) is 0 Å². The minimum absolute atomic E-state index is 0.210. The third kappa shape index (κ3) is 5.29. The molecule has 0 unspecified atom stereocenters. The van der Waals surface area contributed by atoms with Gasteiger partial charge >= 0.3 is 0 Å². The van der Waals surface area contributed by atoms with E-state index in [1.54, 1.807) is 56.5 Å². The minimum atomic E-state index is -3.77. The summed E-state index contributed by atoms with van der Waals surface area (Å²) in [5.41, 5.74) is 2.21. The summed E-state index contributed by atoms with van der Waals surface area (Å²) in [5, 5.41) is 6.12. The molecule has 0 bridgehead atoms. The smallest absolute Gasteiger partial charge is 0.262 e. The van der Waals surface area contributed by atoms with Crippen molar-refractivity contribution in [2.75, 3.05) is 56.1 Å². The summed E-state index contributed by atoms with van der Waals surface area (Å²) < 4.78 is 33.3. The van der Waals surface area contributed by atoms with E-state index in [1.807, 2.05) is 0 Å².